The number of hydrogen-bond donors (Lipinski definition) is 1. The van der Waals surface area contributed by atoms with Crippen LogP contribution in [0.25, 0.3) is 11.0 Å². The maximum atomic E-state index is 12.9. The zero-order valence-electron chi connectivity index (χ0n) is 16.2. The smallest absolute Gasteiger partial charge is 0.355 e. The third kappa shape index (κ3) is 4.44. The number of fused-ring (bicyclic) bond motifs is 1. The summed E-state index contributed by atoms with van der Waals surface area (Å²) >= 11 is 0. The largest absolute Gasteiger partial charge is 0.417 e. The van der Waals surface area contributed by atoms with E-state index in [2.05, 4.69) is 15.0 Å². The molecule has 1 saturated heterocycles. The molecule has 0 unspecified atom stereocenters. The van der Waals surface area contributed by atoms with E-state index in [9.17, 15) is 26.7 Å². The number of nitrogens with zero attached hydrogens (tertiary/aromatic N) is 4. The fourth-order valence-electron chi connectivity index (χ4n) is 3.54. The highest BCUT2D eigenvalue weighted by Gasteiger charge is 2.31. The van der Waals surface area contributed by atoms with Crippen LogP contribution in [0.15, 0.2) is 36.5 Å². The van der Waals surface area contributed by atoms with E-state index in [0.717, 1.165) is 12.3 Å². The van der Waals surface area contributed by atoms with Crippen LogP contribution in [0.3, 0.4) is 0 Å². The standard InChI is InChI=1S/C20H18F5N5O/c21-17(22)18-27-14-4-2-12(10-15(14)28-18)19(31)30-7-1-6-29(8-9-30)16-5-3-13(11-26-16)20(23,24)25/h2-5,10-11,17H,1,6-9H2,(H,27,28). The maximum absolute atomic E-state index is 12.9. The number of hydrogen-bond acceptors (Lipinski definition) is 4. The Morgan fingerprint density at radius 2 is 1.87 bits per heavy atom. The van der Waals surface area contributed by atoms with Crippen LogP contribution in [-0.2, 0) is 6.18 Å². The molecule has 0 radical (unpaired) electrons. The van der Waals surface area contributed by atoms with E-state index in [1.165, 1.54) is 18.2 Å². The molecular weight excluding hydrogens is 421 g/mol. The molecular formula is C20H18F5N5O. The number of halogens is 5. The number of benzene rings is 1. The Bertz CT molecular complexity index is 1080. The molecule has 31 heavy (non-hydrogen) atoms. The average Bonchev–Trinajstić information content (AvgIpc) is 3.02. The first-order chi connectivity index (χ1) is 14.7. The van der Waals surface area contributed by atoms with Gasteiger partial charge in [-0.2, -0.15) is 13.2 Å². The van der Waals surface area contributed by atoms with Crippen molar-refractivity contribution in [2.24, 2.45) is 0 Å². The highest BCUT2D eigenvalue weighted by atomic mass is 19.4. The van der Waals surface area contributed by atoms with Gasteiger partial charge in [0.25, 0.3) is 12.3 Å². The van der Waals surface area contributed by atoms with Gasteiger partial charge in [-0.15, -0.1) is 0 Å². The quantitative estimate of drug-likeness (QED) is 0.620. The summed E-state index contributed by atoms with van der Waals surface area (Å²) in [6, 6.07) is 6.87. The number of amides is 1. The lowest BCUT2D eigenvalue weighted by atomic mass is 10.1. The van der Waals surface area contributed by atoms with Gasteiger partial charge in [-0.05, 0) is 36.8 Å². The number of alkyl halides is 5. The summed E-state index contributed by atoms with van der Waals surface area (Å²) in [4.78, 5) is 26.6. The summed E-state index contributed by atoms with van der Waals surface area (Å²) < 4.78 is 63.8. The first kappa shape index (κ1) is 21.0. The van der Waals surface area contributed by atoms with E-state index in [-0.39, 0.29) is 5.91 Å². The number of aromatic amines is 1. The number of imidazole rings is 1. The Morgan fingerprint density at radius 3 is 2.55 bits per heavy atom. The van der Waals surface area contributed by atoms with Gasteiger partial charge in [0.1, 0.15) is 5.82 Å². The van der Waals surface area contributed by atoms with Crippen molar-refractivity contribution >= 4 is 22.8 Å². The van der Waals surface area contributed by atoms with Crippen molar-refractivity contribution in [3.8, 4) is 0 Å². The molecule has 1 aliphatic heterocycles. The second kappa shape index (κ2) is 8.12. The van der Waals surface area contributed by atoms with Crippen LogP contribution in [-0.4, -0.2) is 51.9 Å². The molecule has 1 N–H and O–H groups in total. The Kier molecular flexibility index (Phi) is 5.50. The normalized spacial score (nSPS) is 15.5. The van der Waals surface area contributed by atoms with Gasteiger partial charge in [-0.3, -0.25) is 4.79 Å². The lowest BCUT2D eigenvalue weighted by Crippen LogP contribution is -2.35. The summed E-state index contributed by atoms with van der Waals surface area (Å²) in [7, 11) is 0. The third-order valence-corrected chi connectivity index (χ3v) is 5.14. The fourth-order valence-corrected chi connectivity index (χ4v) is 3.54. The minimum Gasteiger partial charge on any atom is -0.355 e. The Morgan fingerprint density at radius 1 is 1.06 bits per heavy atom. The minimum atomic E-state index is -4.45. The lowest BCUT2D eigenvalue weighted by Gasteiger charge is -2.23. The maximum Gasteiger partial charge on any atom is 0.417 e. The van der Waals surface area contributed by atoms with Gasteiger partial charge in [-0.1, -0.05) is 0 Å². The topological polar surface area (TPSA) is 65.1 Å². The van der Waals surface area contributed by atoms with Crippen molar-refractivity contribution in [1.82, 2.24) is 19.9 Å². The number of carbonyl (C=O) groups excluding carboxylic acids is 1. The van der Waals surface area contributed by atoms with Crippen LogP contribution >= 0.6 is 0 Å². The van der Waals surface area contributed by atoms with E-state index >= 15 is 0 Å². The molecule has 164 valence electrons. The summed E-state index contributed by atoms with van der Waals surface area (Å²) in [5, 5.41) is 0. The molecule has 1 amide bonds. The van der Waals surface area contributed by atoms with Crippen LogP contribution in [0, 0.1) is 0 Å². The Balaban J connectivity index is 1.45. The van der Waals surface area contributed by atoms with E-state index in [1.54, 1.807) is 11.0 Å². The first-order valence-electron chi connectivity index (χ1n) is 9.57. The van der Waals surface area contributed by atoms with Gasteiger partial charge in [0.2, 0.25) is 0 Å². The zero-order chi connectivity index (χ0) is 22.2. The molecule has 0 saturated carbocycles. The van der Waals surface area contributed by atoms with Crippen molar-refractivity contribution in [3.05, 3.63) is 53.5 Å². The molecule has 1 fully saturated rings. The zero-order valence-corrected chi connectivity index (χ0v) is 16.2. The van der Waals surface area contributed by atoms with Gasteiger partial charge in [0.05, 0.1) is 16.6 Å². The number of rotatable bonds is 3. The summed E-state index contributed by atoms with van der Waals surface area (Å²) in [6.07, 6.45) is -5.77. The van der Waals surface area contributed by atoms with Gasteiger partial charge in [0, 0.05) is 37.9 Å². The van der Waals surface area contributed by atoms with Gasteiger partial charge < -0.3 is 14.8 Å². The number of carbonyl (C=O) groups is 1. The first-order valence-corrected chi connectivity index (χ1v) is 9.57. The predicted octanol–water partition coefficient (Wildman–Crippen LogP) is 4.27. The van der Waals surface area contributed by atoms with Crippen LogP contribution in [0.1, 0.15) is 34.6 Å². The molecule has 3 heterocycles. The molecule has 3 aromatic rings. The van der Waals surface area contributed by atoms with Crippen molar-refractivity contribution in [2.75, 3.05) is 31.1 Å². The SMILES string of the molecule is O=C(c1ccc2nc(C(F)F)[nH]c2c1)N1CCCN(c2ccc(C(F)(F)F)cn2)CC1. The molecule has 4 rings (SSSR count). The Labute approximate surface area is 173 Å². The number of aromatic nitrogens is 3. The number of H-pyrrole nitrogens is 1. The minimum absolute atomic E-state index is 0.252. The molecule has 2 aromatic heterocycles. The predicted molar refractivity (Wildman–Crippen MR) is 103 cm³/mol. The average molecular weight is 439 g/mol. The van der Waals surface area contributed by atoms with E-state index < -0.39 is 24.0 Å². The second-order valence-electron chi connectivity index (χ2n) is 7.19. The van der Waals surface area contributed by atoms with Crippen molar-refractivity contribution < 1.29 is 26.7 Å². The monoisotopic (exact) mass is 439 g/mol. The summed E-state index contributed by atoms with van der Waals surface area (Å²) in [5.74, 6) is -0.285. The molecule has 1 aromatic carbocycles. The van der Waals surface area contributed by atoms with Crippen molar-refractivity contribution in [3.63, 3.8) is 0 Å². The fraction of sp³-hybridized carbons (Fsp3) is 0.350. The van der Waals surface area contributed by atoms with Crippen molar-refractivity contribution in [1.29, 1.82) is 0 Å². The molecule has 0 spiro atoms. The number of anilines is 1. The lowest BCUT2D eigenvalue weighted by molar-refractivity contribution is -0.137. The molecule has 0 aliphatic carbocycles. The van der Waals surface area contributed by atoms with E-state index in [4.69, 9.17) is 0 Å². The second-order valence-corrected chi connectivity index (χ2v) is 7.19. The van der Waals surface area contributed by atoms with Crippen LogP contribution in [0.5, 0.6) is 0 Å². The molecule has 11 heteroatoms. The molecule has 0 bridgehead atoms. The highest BCUT2D eigenvalue weighted by molar-refractivity contribution is 5.97. The van der Waals surface area contributed by atoms with E-state index in [1.807, 2.05) is 4.90 Å². The number of nitrogens with one attached hydrogen (secondary N) is 1. The van der Waals surface area contributed by atoms with Crippen LogP contribution in [0.4, 0.5) is 27.8 Å². The van der Waals surface area contributed by atoms with Crippen molar-refractivity contribution in [2.45, 2.75) is 19.0 Å². The highest BCUT2D eigenvalue weighted by Crippen LogP contribution is 2.29. The summed E-state index contributed by atoms with van der Waals surface area (Å²) in [5.41, 5.74) is 0.235. The molecule has 1 aliphatic rings. The van der Waals surface area contributed by atoms with Gasteiger partial charge in [-0.25, -0.2) is 18.7 Å². The van der Waals surface area contributed by atoms with E-state index in [0.29, 0.717) is 55.0 Å². The van der Waals surface area contributed by atoms with Crippen LogP contribution in [0.2, 0.25) is 0 Å². The number of pyridine rings is 1. The third-order valence-electron chi connectivity index (χ3n) is 5.14. The molecule has 6 nitrogen and oxygen atoms in total. The van der Waals surface area contributed by atoms with Crippen LogP contribution < -0.4 is 4.90 Å². The molecule has 0 atom stereocenters. The van der Waals surface area contributed by atoms with Gasteiger partial charge >= 0.3 is 6.18 Å². The summed E-state index contributed by atoms with van der Waals surface area (Å²) in [6.45, 7) is 1.76. The Hall–Kier alpha value is -3.24. The van der Waals surface area contributed by atoms with Gasteiger partial charge in [0.15, 0.2) is 5.82 Å².